The van der Waals surface area contributed by atoms with Crippen LogP contribution in [-0.2, 0) is 9.84 Å². The molecule has 0 aliphatic heterocycles. The molecule has 0 aliphatic carbocycles. The molecule has 2 nitrogen and oxygen atoms in total. The Morgan fingerprint density at radius 1 is 0.750 bits per heavy atom. The third-order valence-corrected chi connectivity index (χ3v) is 3.81. The van der Waals surface area contributed by atoms with E-state index in [1.54, 1.807) is 12.2 Å². The summed E-state index contributed by atoms with van der Waals surface area (Å²) in [7, 11) is -3.35. The van der Waals surface area contributed by atoms with Crippen LogP contribution >= 0.6 is 0 Å². The fraction of sp³-hybridized carbons (Fsp3) is 0.0588. The minimum atomic E-state index is -3.35. The highest BCUT2D eigenvalue weighted by Gasteiger charge is 1.99. The minimum Gasteiger partial charge on any atom is -0.220 e. The van der Waals surface area contributed by atoms with E-state index in [4.69, 9.17) is 0 Å². The van der Waals surface area contributed by atoms with E-state index < -0.39 is 9.84 Å². The standard InChI is InChI=1S/C17H16O2S/c1-15-7-9-17(10-8-15)12-14-20(18,19)13-11-16-5-3-2-4-6-16/h2-14H,1H3/b13-11-,14-12+. The fourth-order valence-corrected chi connectivity index (χ4v) is 2.42. The van der Waals surface area contributed by atoms with Crippen molar-refractivity contribution in [2.75, 3.05) is 0 Å². The molecule has 0 atom stereocenters. The number of hydrogen-bond acceptors (Lipinski definition) is 2. The van der Waals surface area contributed by atoms with Gasteiger partial charge in [-0.1, -0.05) is 60.2 Å². The summed E-state index contributed by atoms with van der Waals surface area (Å²) >= 11 is 0. The zero-order chi connectivity index (χ0) is 14.4. The van der Waals surface area contributed by atoms with Crippen LogP contribution in [0.15, 0.2) is 65.4 Å². The SMILES string of the molecule is Cc1ccc(/C=C/S(=O)(=O)/C=C\c2ccccc2)cc1. The monoisotopic (exact) mass is 284 g/mol. The summed E-state index contributed by atoms with van der Waals surface area (Å²) in [5.41, 5.74) is 2.88. The fourth-order valence-electron chi connectivity index (χ4n) is 1.63. The normalized spacial score (nSPS) is 12.2. The van der Waals surface area contributed by atoms with Crippen molar-refractivity contribution in [1.82, 2.24) is 0 Å². The van der Waals surface area contributed by atoms with Gasteiger partial charge >= 0.3 is 0 Å². The molecule has 0 amide bonds. The number of hydrogen-bond donors (Lipinski definition) is 0. The van der Waals surface area contributed by atoms with Crippen molar-refractivity contribution in [1.29, 1.82) is 0 Å². The lowest BCUT2D eigenvalue weighted by Gasteiger charge is -1.95. The van der Waals surface area contributed by atoms with Gasteiger partial charge in [-0.25, -0.2) is 8.42 Å². The Morgan fingerprint density at radius 2 is 1.25 bits per heavy atom. The second kappa shape index (κ2) is 6.35. The van der Waals surface area contributed by atoms with E-state index in [0.29, 0.717) is 0 Å². The Hall–Kier alpha value is -2.13. The summed E-state index contributed by atoms with van der Waals surface area (Å²) in [4.78, 5) is 0. The lowest BCUT2D eigenvalue weighted by molar-refractivity contribution is 0.613. The highest BCUT2D eigenvalue weighted by atomic mass is 32.2. The number of rotatable bonds is 4. The topological polar surface area (TPSA) is 34.1 Å². The maximum Gasteiger partial charge on any atom is 0.193 e. The van der Waals surface area contributed by atoms with Gasteiger partial charge in [0.2, 0.25) is 0 Å². The van der Waals surface area contributed by atoms with Gasteiger partial charge in [0.25, 0.3) is 0 Å². The molecule has 2 aromatic carbocycles. The molecule has 0 saturated heterocycles. The quantitative estimate of drug-likeness (QED) is 0.848. The van der Waals surface area contributed by atoms with Crippen LogP contribution in [0.4, 0.5) is 0 Å². The molecule has 0 aromatic heterocycles. The summed E-state index contributed by atoms with van der Waals surface area (Å²) in [6.45, 7) is 1.99. The molecule has 0 heterocycles. The number of sulfone groups is 1. The minimum absolute atomic E-state index is 0.861. The van der Waals surface area contributed by atoms with Gasteiger partial charge in [-0.3, -0.25) is 0 Å². The molecule has 0 fully saturated rings. The first-order valence-corrected chi connectivity index (χ1v) is 7.89. The third-order valence-electron chi connectivity index (χ3n) is 2.78. The molecule has 0 saturated carbocycles. The molecular formula is C17H16O2S. The number of aryl methyl sites for hydroxylation is 1. The maximum atomic E-state index is 11.9. The second-order valence-electron chi connectivity index (χ2n) is 4.52. The zero-order valence-electron chi connectivity index (χ0n) is 11.2. The first kappa shape index (κ1) is 14.3. The Balaban J connectivity index is 2.11. The summed E-state index contributed by atoms with van der Waals surface area (Å²) in [6.07, 6.45) is 3.19. The van der Waals surface area contributed by atoms with Crippen molar-refractivity contribution in [2.24, 2.45) is 0 Å². The molecule has 0 N–H and O–H groups in total. The van der Waals surface area contributed by atoms with Crippen molar-refractivity contribution >= 4 is 22.0 Å². The molecule has 0 unspecified atom stereocenters. The van der Waals surface area contributed by atoms with Gasteiger partial charge in [0.1, 0.15) is 0 Å². The van der Waals surface area contributed by atoms with Gasteiger partial charge in [0.05, 0.1) is 0 Å². The predicted octanol–water partition coefficient (Wildman–Crippen LogP) is 4.05. The molecule has 102 valence electrons. The summed E-state index contributed by atoms with van der Waals surface area (Å²) < 4.78 is 23.7. The van der Waals surface area contributed by atoms with Gasteiger partial charge in [-0.05, 0) is 30.2 Å². The van der Waals surface area contributed by atoms with Gasteiger partial charge < -0.3 is 0 Å². The smallest absolute Gasteiger partial charge is 0.193 e. The van der Waals surface area contributed by atoms with E-state index in [1.807, 2.05) is 61.5 Å². The van der Waals surface area contributed by atoms with E-state index in [9.17, 15) is 8.42 Å². The Morgan fingerprint density at radius 3 is 1.80 bits per heavy atom. The third kappa shape index (κ3) is 4.52. The van der Waals surface area contributed by atoms with Crippen LogP contribution in [0.5, 0.6) is 0 Å². The number of benzene rings is 2. The lowest BCUT2D eigenvalue weighted by atomic mass is 10.2. The van der Waals surface area contributed by atoms with Crippen molar-refractivity contribution in [3.63, 3.8) is 0 Å². The lowest BCUT2D eigenvalue weighted by Crippen LogP contribution is -1.88. The van der Waals surface area contributed by atoms with Gasteiger partial charge in [0.15, 0.2) is 9.84 Å². The van der Waals surface area contributed by atoms with Crippen LogP contribution in [0.2, 0.25) is 0 Å². The molecule has 0 bridgehead atoms. The molecule has 3 heteroatoms. The van der Waals surface area contributed by atoms with Crippen LogP contribution < -0.4 is 0 Å². The van der Waals surface area contributed by atoms with Crippen molar-refractivity contribution in [2.45, 2.75) is 6.92 Å². The van der Waals surface area contributed by atoms with E-state index in [1.165, 1.54) is 10.8 Å². The second-order valence-corrected chi connectivity index (χ2v) is 6.24. The van der Waals surface area contributed by atoms with Crippen molar-refractivity contribution in [3.8, 4) is 0 Å². The molecule has 0 spiro atoms. The maximum absolute atomic E-state index is 11.9. The summed E-state index contributed by atoms with van der Waals surface area (Å²) in [5.74, 6) is 0. The Labute approximate surface area is 120 Å². The predicted molar refractivity (Wildman–Crippen MR) is 84.6 cm³/mol. The van der Waals surface area contributed by atoms with E-state index in [-0.39, 0.29) is 0 Å². The molecular weight excluding hydrogens is 268 g/mol. The first-order chi connectivity index (χ1) is 9.55. The van der Waals surface area contributed by atoms with Crippen LogP contribution in [-0.4, -0.2) is 8.42 Å². The Kier molecular flexibility index (Phi) is 4.53. The molecule has 2 rings (SSSR count). The van der Waals surface area contributed by atoms with E-state index in [0.717, 1.165) is 16.7 Å². The Bertz CT molecular complexity index is 709. The van der Waals surface area contributed by atoms with Gasteiger partial charge in [-0.2, -0.15) is 0 Å². The van der Waals surface area contributed by atoms with Crippen LogP contribution in [0.3, 0.4) is 0 Å². The van der Waals surface area contributed by atoms with Gasteiger partial charge in [-0.15, -0.1) is 0 Å². The average Bonchev–Trinajstić information content (AvgIpc) is 2.46. The molecule has 20 heavy (non-hydrogen) atoms. The van der Waals surface area contributed by atoms with Gasteiger partial charge in [0, 0.05) is 10.8 Å². The van der Waals surface area contributed by atoms with Crippen molar-refractivity contribution < 1.29 is 8.42 Å². The van der Waals surface area contributed by atoms with Crippen molar-refractivity contribution in [3.05, 3.63) is 82.1 Å². The highest BCUT2D eigenvalue weighted by Crippen LogP contribution is 2.09. The van der Waals surface area contributed by atoms with Crippen LogP contribution in [0, 0.1) is 6.92 Å². The van der Waals surface area contributed by atoms with E-state index >= 15 is 0 Å². The molecule has 0 aliphatic rings. The van der Waals surface area contributed by atoms with E-state index in [2.05, 4.69) is 0 Å². The first-order valence-electron chi connectivity index (χ1n) is 6.28. The largest absolute Gasteiger partial charge is 0.220 e. The average molecular weight is 284 g/mol. The summed E-state index contributed by atoms with van der Waals surface area (Å²) in [6, 6.07) is 17.0. The molecule has 0 radical (unpaired) electrons. The zero-order valence-corrected chi connectivity index (χ0v) is 12.0. The highest BCUT2D eigenvalue weighted by molar-refractivity contribution is 7.97. The van der Waals surface area contributed by atoms with Crippen LogP contribution in [0.25, 0.3) is 12.2 Å². The van der Waals surface area contributed by atoms with Crippen LogP contribution in [0.1, 0.15) is 16.7 Å². The molecule has 2 aromatic rings. The summed E-state index contributed by atoms with van der Waals surface area (Å²) in [5, 5.41) is 2.43.